The van der Waals surface area contributed by atoms with Crippen molar-refractivity contribution in [3.8, 4) is 5.75 Å². The number of carbonyl (C=O) groups is 1. The second kappa shape index (κ2) is 3.21. The van der Waals surface area contributed by atoms with Crippen LogP contribution in [0.5, 0.6) is 5.75 Å². The third kappa shape index (κ3) is 1.39. The van der Waals surface area contributed by atoms with Crippen molar-refractivity contribution >= 4 is 6.09 Å². The summed E-state index contributed by atoms with van der Waals surface area (Å²) in [5.41, 5.74) is 1.78. The van der Waals surface area contributed by atoms with Gasteiger partial charge in [-0.05, 0) is 18.1 Å². The molecular formula is C10H11NO3. The lowest BCUT2D eigenvalue weighted by molar-refractivity contribution is 0.139. The molecule has 0 fully saturated rings. The molecule has 4 nitrogen and oxygen atoms in total. The Morgan fingerprint density at radius 2 is 2.21 bits per heavy atom. The van der Waals surface area contributed by atoms with Gasteiger partial charge in [0.25, 0.3) is 0 Å². The number of phenols is 1. The minimum absolute atomic E-state index is 0.271. The number of amides is 1. The minimum atomic E-state index is -0.904. The van der Waals surface area contributed by atoms with E-state index in [1.54, 1.807) is 12.1 Å². The molecule has 1 aromatic rings. The standard InChI is InChI=1S/C10H11NO3/c12-9-3-1-2-7-6-11(10(13)14)5-4-8(7)9/h1-3,12H,4-6H2,(H,13,14). The molecule has 74 valence electrons. The molecule has 0 atom stereocenters. The molecule has 0 saturated carbocycles. The highest BCUT2D eigenvalue weighted by atomic mass is 16.4. The Hall–Kier alpha value is -1.71. The number of phenolic OH excluding ortho intramolecular Hbond substituents is 1. The van der Waals surface area contributed by atoms with Crippen LogP contribution in [0.25, 0.3) is 0 Å². The highest BCUT2D eigenvalue weighted by Crippen LogP contribution is 2.26. The molecule has 1 aromatic carbocycles. The van der Waals surface area contributed by atoms with Gasteiger partial charge in [-0.3, -0.25) is 0 Å². The number of hydrogen-bond donors (Lipinski definition) is 2. The van der Waals surface area contributed by atoms with E-state index >= 15 is 0 Å². The van der Waals surface area contributed by atoms with E-state index in [1.807, 2.05) is 6.07 Å². The van der Waals surface area contributed by atoms with Crippen LogP contribution in [0.15, 0.2) is 18.2 Å². The zero-order valence-corrected chi connectivity index (χ0v) is 7.60. The van der Waals surface area contributed by atoms with Gasteiger partial charge in [0, 0.05) is 18.7 Å². The van der Waals surface area contributed by atoms with Gasteiger partial charge in [-0.25, -0.2) is 4.79 Å². The fourth-order valence-corrected chi connectivity index (χ4v) is 1.75. The van der Waals surface area contributed by atoms with Gasteiger partial charge < -0.3 is 15.1 Å². The largest absolute Gasteiger partial charge is 0.508 e. The second-order valence-electron chi connectivity index (χ2n) is 3.37. The van der Waals surface area contributed by atoms with Gasteiger partial charge in [-0.2, -0.15) is 0 Å². The summed E-state index contributed by atoms with van der Waals surface area (Å²) < 4.78 is 0. The zero-order chi connectivity index (χ0) is 10.1. The molecule has 2 N–H and O–H groups in total. The zero-order valence-electron chi connectivity index (χ0n) is 7.60. The molecule has 0 aromatic heterocycles. The minimum Gasteiger partial charge on any atom is -0.508 e. The highest BCUT2D eigenvalue weighted by Gasteiger charge is 2.21. The second-order valence-corrected chi connectivity index (χ2v) is 3.37. The third-order valence-electron chi connectivity index (χ3n) is 2.51. The average molecular weight is 193 g/mol. The van der Waals surface area contributed by atoms with Crippen molar-refractivity contribution < 1.29 is 15.0 Å². The first-order valence-electron chi connectivity index (χ1n) is 4.46. The van der Waals surface area contributed by atoms with Gasteiger partial charge in [0.2, 0.25) is 0 Å². The molecule has 0 unspecified atom stereocenters. The van der Waals surface area contributed by atoms with Crippen molar-refractivity contribution in [1.82, 2.24) is 4.90 Å². The summed E-state index contributed by atoms with van der Waals surface area (Å²) in [5, 5.41) is 18.3. The number of carboxylic acid groups (broad SMARTS) is 1. The smallest absolute Gasteiger partial charge is 0.407 e. The van der Waals surface area contributed by atoms with Crippen molar-refractivity contribution in [2.75, 3.05) is 6.54 Å². The maximum absolute atomic E-state index is 10.7. The molecule has 1 aliphatic rings. The van der Waals surface area contributed by atoms with Crippen LogP contribution >= 0.6 is 0 Å². The monoisotopic (exact) mass is 193 g/mol. The van der Waals surface area contributed by atoms with Crippen molar-refractivity contribution in [1.29, 1.82) is 0 Å². The number of fused-ring (bicyclic) bond motifs is 1. The Kier molecular flexibility index (Phi) is 2.04. The van der Waals surface area contributed by atoms with E-state index in [1.165, 1.54) is 4.90 Å². The summed E-state index contributed by atoms with van der Waals surface area (Å²) in [6, 6.07) is 5.22. The van der Waals surface area contributed by atoms with E-state index in [0.29, 0.717) is 19.5 Å². The van der Waals surface area contributed by atoms with E-state index in [4.69, 9.17) is 5.11 Å². The molecule has 14 heavy (non-hydrogen) atoms. The summed E-state index contributed by atoms with van der Waals surface area (Å²) in [6.45, 7) is 0.832. The predicted octanol–water partition coefficient (Wildman–Crippen LogP) is 1.43. The normalized spacial score (nSPS) is 15.0. The maximum atomic E-state index is 10.7. The van der Waals surface area contributed by atoms with E-state index in [2.05, 4.69) is 0 Å². The molecule has 4 heteroatoms. The van der Waals surface area contributed by atoms with Crippen LogP contribution in [0, 0.1) is 0 Å². The van der Waals surface area contributed by atoms with E-state index in [-0.39, 0.29) is 5.75 Å². The van der Waals surface area contributed by atoms with Crippen LogP contribution in [0.4, 0.5) is 4.79 Å². The molecule has 2 rings (SSSR count). The van der Waals surface area contributed by atoms with Gasteiger partial charge in [-0.15, -0.1) is 0 Å². The summed E-state index contributed by atoms with van der Waals surface area (Å²) in [7, 11) is 0. The van der Waals surface area contributed by atoms with Crippen LogP contribution in [-0.4, -0.2) is 27.8 Å². The number of rotatable bonds is 0. The lowest BCUT2D eigenvalue weighted by Gasteiger charge is -2.26. The molecule has 0 saturated heterocycles. The van der Waals surface area contributed by atoms with Crippen molar-refractivity contribution in [2.45, 2.75) is 13.0 Å². The number of benzene rings is 1. The van der Waals surface area contributed by atoms with E-state index in [0.717, 1.165) is 11.1 Å². The van der Waals surface area contributed by atoms with Crippen molar-refractivity contribution in [3.05, 3.63) is 29.3 Å². The summed E-state index contributed by atoms with van der Waals surface area (Å²) >= 11 is 0. The first-order chi connectivity index (χ1) is 6.68. The molecule has 0 spiro atoms. The topological polar surface area (TPSA) is 60.8 Å². The first-order valence-corrected chi connectivity index (χ1v) is 4.46. The predicted molar refractivity (Wildman–Crippen MR) is 50.2 cm³/mol. The van der Waals surface area contributed by atoms with Gasteiger partial charge in [0.05, 0.1) is 0 Å². The number of aromatic hydroxyl groups is 1. The molecule has 1 aliphatic heterocycles. The van der Waals surface area contributed by atoms with Crippen LogP contribution in [0.1, 0.15) is 11.1 Å². The van der Waals surface area contributed by atoms with Gasteiger partial charge >= 0.3 is 6.09 Å². The fraction of sp³-hybridized carbons (Fsp3) is 0.300. The quantitative estimate of drug-likeness (QED) is 0.655. The van der Waals surface area contributed by atoms with Crippen LogP contribution < -0.4 is 0 Å². The SMILES string of the molecule is O=C(O)N1CCc2c(O)cccc2C1. The number of nitrogens with zero attached hydrogens (tertiary/aromatic N) is 1. The van der Waals surface area contributed by atoms with E-state index in [9.17, 15) is 9.90 Å². The molecule has 0 radical (unpaired) electrons. The lowest BCUT2D eigenvalue weighted by Crippen LogP contribution is -2.34. The molecule has 1 amide bonds. The summed E-state index contributed by atoms with van der Waals surface area (Å²) in [6.07, 6.45) is -0.312. The van der Waals surface area contributed by atoms with Gasteiger partial charge in [-0.1, -0.05) is 12.1 Å². The lowest BCUT2D eigenvalue weighted by atomic mass is 9.99. The Morgan fingerprint density at radius 3 is 2.93 bits per heavy atom. The molecule has 0 aliphatic carbocycles. The Bertz CT molecular complexity index is 376. The number of hydrogen-bond acceptors (Lipinski definition) is 2. The van der Waals surface area contributed by atoms with Gasteiger partial charge in [0.1, 0.15) is 5.75 Å². The average Bonchev–Trinajstić information content (AvgIpc) is 2.17. The fourth-order valence-electron chi connectivity index (χ4n) is 1.75. The molecule has 0 bridgehead atoms. The van der Waals surface area contributed by atoms with Crippen LogP contribution in [0.2, 0.25) is 0 Å². The molecule has 1 heterocycles. The Balaban J connectivity index is 2.31. The van der Waals surface area contributed by atoms with Crippen LogP contribution in [0.3, 0.4) is 0 Å². The third-order valence-corrected chi connectivity index (χ3v) is 2.51. The van der Waals surface area contributed by atoms with E-state index < -0.39 is 6.09 Å². The van der Waals surface area contributed by atoms with Crippen LogP contribution in [-0.2, 0) is 13.0 Å². The van der Waals surface area contributed by atoms with Crippen molar-refractivity contribution in [3.63, 3.8) is 0 Å². The van der Waals surface area contributed by atoms with Gasteiger partial charge in [0.15, 0.2) is 0 Å². The maximum Gasteiger partial charge on any atom is 0.407 e. The van der Waals surface area contributed by atoms with Crippen molar-refractivity contribution in [2.24, 2.45) is 0 Å². The Morgan fingerprint density at radius 1 is 1.43 bits per heavy atom. The Labute approximate surface area is 81.4 Å². The summed E-state index contributed by atoms with van der Waals surface area (Å²) in [4.78, 5) is 12.1. The molecular weight excluding hydrogens is 182 g/mol. The first kappa shape index (κ1) is 8.87. The highest BCUT2D eigenvalue weighted by molar-refractivity contribution is 5.65. The summed E-state index contributed by atoms with van der Waals surface area (Å²) in [5.74, 6) is 0.271.